The summed E-state index contributed by atoms with van der Waals surface area (Å²) in [6.45, 7) is 7.34. The highest BCUT2D eigenvalue weighted by Crippen LogP contribution is 2.13. The third kappa shape index (κ3) is 7.99. The van der Waals surface area contributed by atoms with Crippen LogP contribution in [0.3, 0.4) is 0 Å². The summed E-state index contributed by atoms with van der Waals surface area (Å²) in [5.74, 6) is 0.728. The predicted molar refractivity (Wildman–Crippen MR) is 112 cm³/mol. The lowest BCUT2D eigenvalue weighted by atomic mass is 10.1. The van der Waals surface area contributed by atoms with Crippen molar-refractivity contribution in [1.82, 2.24) is 20.4 Å². The fraction of sp³-hybridized carbons (Fsp3) is 0.619. The number of nitrogens with zero attached hydrogens (tertiary/aromatic N) is 3. The van der Waals surface area contributed by atoms with Gasteiger partial charge in [0.2, 0.25) is 5.91 Å². The molecule has 1 aromatic carbocycles. The molecule has 2 rings (SSSR count). The highest BCUT2D eigenvalue weighted by Gasteiger charge is 2.11. The number of carbonyl (C=O) groups excluding carboxylic acids is 1. The van der Waals surface area contributed by atoms with Crippen LogP contribution in [0.25, 0.3) is 0 Å². The van der Waals surface area contributed by atoms with Gasteiger partial charge in [-0.2, -0.15) is 0 Å². The molecule has 150 valence electrons. The number of amides is 1. The van der Waals surface area contributed by atoms with Crippen molar-refractivity contribution in [3.8, 4) is 0 Å². The predicted octanol–water partition coefficient (Wildman–Crippen LogP) is 2.21. The summed E-state index contributed by atoms with van der Waals surface area (Å²) in [4.78, 5) is 20.5. The summed E-state index contributed by atoms with van der Waals surface area (Å²) in [6, 6.07) is 8.72. The summed E-state index contributed by atoms with van der Waals surface area (Å²) in [6.07, 6.45) is 4.84. The first-order chi connectivity index (χ1) is 13.1. The lowest BCUT2D eigenvalue weighted by molar-refractivity contribution is -0.127. The summed E-state index contributed by atoms with van der Waals surface area (Å²) in [7, 11) is 3.52. The Morgan fingerprint density at radius 1 is 1.11 bits per heavy atom. The van der Waals surface area contributed by atoms with Crippen molar-refractivity contribution in [3.63, 3.8) is 0 Å². The minimum absolute atomic E-state index is 0.0336. The van der Waals surface area contributed by atoms with E-state index in [9.17, 15) is 4.79 Å². The molecule has 1 saturated heterocycles. The summed E-state index contributed by atoms with van der Waals surface area (Å²) in [5, 5.41) is 6.44. The molecule has 1 heterocycles. The smallest absolute Gasteiger partial charge is 0.241 e. The standard InChI is InChI=1S/C21H35N5O/c1-4-5-12-22-21(24-16-20(27)25(2)3)23-15-18-8-10-19(11-9-18)17-26-13-6-7-14-26/h8-11H,4-7,12-17H2,1-3H3,(H2,22,23,24). The highest BCUT2D eigenvalue weighted by molar-refractivity contribution is 5.86. The second-order valence-electron chi connectivity index (χ2n) is 7.39. The van der Waals surface area contributed by atoms with Crippen LogP contribution in [0.5, 0.6) is 0 Å². The SMILES string of the molecule is CCCCNC(=NCc1ccc(CN2CCCC2)cc1)NCC(=O)N(C)C. The van der Waals surface area contributed by atoms with E-state index in [4.69, 9.17) is 0 Å². The van der Waals surface area contributed by atoms with Gasteiger partial charge < -0.3 is 15.5 Å². The maximum atomic E-state index is 11.8. The molecule has 6 heteroatoms. The molecular formula is C21H35N5O. The summed E-state index contributed by atoms with van der Waals surface area (Å²) in [5.41, 5.74) is 2.54. The van der Waals surface area contributed by atoms with Crippen molar-refractivity contribution in [2.45, 2.75) is 45.7 Å². The third-order valence-electron chi connectivity index (χ3n) is 4.78. The molecule has 0 atom stereocenters. The van der Waals surface area contributed by atoms with Gasteiger partial charge in [-0.3, -0.25) is 9.69 Å². The number of aliphatic imine (C=N–C) groups is 1. The Labute approximate surface area is 164 Å². The average molecular weight is 374 g/mol. The van der Waals surface area contributed by atoms with E-state index in [2.05, 4.69) is 51.7 Å². The number of carbonyl (C=O) groups is 1. The van der Waals surface area contributed by atoms with Crippen molar-refractivity contribution in [3.05, 3.63) is 35.4 Å². The quantitative estimate of drug-likeness (QED) is 0.396. The molecule has 1 aliphatic heterocycles. The van der Waals surface area contributed by atoms with E-state index in [0.717, 1.165) is 25.9 Å². The van der Waals surface area contributed by atoms with Gasteiger partial charge in [0, 0.05) is 27.2 Å². The molecule has 0 aliphatic carbocycles. The molecule has 0 aromatic heterocycles. The molecule has 0 radical (unpaired) electrons. The van der Waals surface area contributed by atoms with Crippen molar-refractivity contribution >= 4 is 11.9 Å². The van der Waals surface area contributed by atoms with Crippen LogP contribution in [0.4, 0.5) is 0 Å². The molecule has 1 fully saturated rings. The molecule has 1 aromatic rings. The Morgan fingerprint density at radius 2 is 1.78 bits per heavy atom. The van der Waals surface area contributed by atoms with Gasteiger partial charge in [-0.1, -0.05) is 37.6 Å². The van der Waals surface area contributed by atoms with Crippen molar-refractivity contribution in [2.75, 3.05) is 40.3 Å². The molecule has 6 nitrogen and oxygen atoms in total. The zero-order chi connectivity index (χ0) is 19.5. The highest BCUT2D eigenvalue weighted by atomic mass is 16.2. The first-order valence-corrected chi connectivity index (χ1v) is 10.1. The van der Waals surface area contributed by atoms with Crippen LogP contribution < -0.4 is 10.6 Å². The van der Waals surface area contributed by atoms with E-state index in [-0.39, 0.29) is 12.5 Å². The van der Waals surface area contributed by atoms with E-state index in [1.807, 2.05) is 0 Å². The average Bonchev–Trinajstić information content (AvgIpc) is 3.17. The zero-order valence-corrected chi connectivity index (χ0v) is 17.1. The maximum absolute atomic E-state index is 11.8. The second kappa shape index (κ2) is 11.6. The number of nitrogens with one attached hydrogen (secondary N) is 2. The van der Waals surface area contributed by atoms with Crippen LogP contribution in [0.2, 0.25) is 0 Å². The van der Waals surface area contributed by atoms with Crippen LogP contribution in [-0.2, 0) is 17.9 Å². The first kappa shape index (κ1) is 21.2. The molecule has 0 saturated carbocycles. The molecular weight excluding hydrogens is 338 g/mol. The van der Waals surface area contributed by atoms with E-state index in [1.54, 1.807) is 19.0 Å². The number of benzene rings is 1. The van der Waals surface area contributed by atoms with Crippen molar-refractivity contribution in [1.29, 1.82) is 0 Å². The number of hydrogen-bond donors (Lipinski definition) is 2. The van der Waals surface area contributed by atoms with E-state index < -0.39 is 0 Å². The van der Waals surface area contributed by atoms with Gasteiger partial charge in [-0.15, -0.1) is 0 Å². The maximum Gasteiger partial charge on any atom is 0.241 e. The van der Waals surface area contributed by atoms with Gasteiger partial charge in [-0.05, 0) is 43.5 Å². The van der Waals surface area contributed by atoms with E-state index in [1.165, 1.54) is 37.1 Å². The van der Waals surface area contributed by atoms with Crippen LogP contribution in [0.1, 0.15) is 43.7 Å². The van der Waals surface area contributed by atoms with Gasteiger partial charge in [0.25, 0.3) is 0 Å². The number of likely N-dealkylation sites (tertiary alicyclic amines) is 1. The Hall–Kier alpha value is -2.08. The monoisotopic (exact) mass is 373 g/mol. The molecule has 0 spiro atoms. The molecule has 0 unspecified atom stereocenters. The van der Waals surface area contributed by atoms with Gasteiger partial charge in [0.1, 0.15) is 0 Å². The number of guanidine groups is 1. The zero-order valence-electron chi connectivity index (χ0n) is 17.1. The van der Waals surface area contributed by atoms with Gasteiger partial charge >= 0.3 is 0 Å². The van der Waals surface area contributed by atoms with Gasteiger partial charge in [0.15, 0.2) is 5.96 Å². The Balaban J connectivity index is 1.88. The number of likely N-dealkylation sites (N-methyl/N-ethyl adjacent to an activating group) is 1. The summed E-state index contributed by atoms with van der Waals surface area (Å²) < 4.78 is 0. The number of hydrogen-bond acceptors (Lipinski definition) is 3. The lowest BCUT2D eigenvalue weighted by Gasteiger charge is -2.15. The Morgan fingerprint density at radius 3 is 2.41 bits per heavy atom. The van der Waals surface area contributed by atoms with Crippen LogP contribution in [0, 0.1) is 0 Å². The fourth-order valence-corrected chi connectivity index (χ4v) is 2.99. The minimum atomic E-state index is 0.0336. The van der Waals surface area contributed by atoms with E-state index in [0.29, 0.717) is 12.5 Å². The van der Waals surface area contributed by atoms with Gasteiger partial charge in [-0.25, -0.2) is 4.99 Å². The Kier molecular flexibility index (Phi) is 9.11. The van der Waals surface area contributed by atoms with Crippen LogP contribution in [0.15, 0.2) is 29.3 Å². The molecule has 27 heavy (non-hydrogen) atoms. The van der Waals surface area contributed by atoms with Gasteiger partial charge in [0.05, 0.1) is 13.1 Å². The van der Waals surface area contributed by atoms with E-state index >= 15 is 0 Å². The Bertz CT molecular complexity index is 591. The topological polar surface area (TPSA) is 60.0 Å². The number of rotatable bonds is 9. The minimum Gasteiger partial charge on any atom is -0.356 e. The third-order valence-corrected chi connectivity index (χ3v) is 4.78. The van der Waals surface area contributed by atoms with Crippen LogP contribution >= 0.6 is 0 Å². The van der Waals surface area contributed by atoms with Crippen LogP contribution in [-0.4, -0.2) is 61.9 Å². The lowest BCUT2D eigenvalue weighted by Crippen LogP contribution is -2.43. The molecule has 1 aliphatic rings. The molecule has 0 bridgehead atoms. The molecule has 2 N–H and O–H groups in total. The first-order valence-electron chi connectivity index (χ1n) is 10.1. The number of unbranched alkanes of at least 4 members (excludes halogenated alkanes) is 1. The van der Waals surface area contributed by atoms with Crippen molar-refractivity contribution in [2.24, 2.45) is 4.99 Å². The largest absolute Gasteiger partial charge is 0.356 e. The fourth-order valence-electron chi connectivity index (χ4n) is 2.99. The summed E-state index contributed by atoms with van der Waals surface area (Å²) >= 11 is 0. The molecule has 1 amide bonds. The van der Waals surface area contributed by atoms with Crippen molar-refractivity contribution < 1.29 is 4.79 Å². The second-order valence-corrected chi connectivity index (χ2v) is 7.39. The normalized spacial score (nSPS) is 15.0.